The van der Waals surface area contributed by atoms with Crippen LogP contribution in [0.5, 0.6) is 0 Å². The summed E-state index contributed by atoms with van der Waals surface area (Å²) in [6, 6.07) is 10.7. The van der Waals surface area contributed by atoms with Crippen LogP contribution in [0, 0.1) is 23.0 Å². The van der Waals surface area contributed by atoms with E-state index < -0.39 is 83.7 Å². The van der Waals surface area contributed by atoms with E-state index in [1.165, 1.54) is 0 Å². The number of imide groups is 1. The van der Waals surface area contributed by atoms with Gasteiger partial charge in [0.2, 0.25) is 29.5 Å². The number of amides is 5. The molecule has 5 amide bonds. The molecule has 1 aliphatic rings. The standard InChI is InChI=1S/C45H56F2N6O10S/c1-27-18-39(57)53(42(27)59)25-31(54)12-8-9-16-52(40(58)26-64-17-15-37(55)50-35(44(62)63)22-49-38(56)21-34(48)43(60)61)41(45(2,3)4)36-19-29(32-20-30(46)13-14-33(32)47)24-51(36)23-28-10-6-5-7-11-28/h5-7,10-11,13-14,19-20,24,27,34-35,41H,8-9,12,15-18,21-23,25-26,48H2,1-4H3,(H,49,56)(H,50,55)(H,60,61)(H,62,63)/t27?,34-,35?,41-/m0/s1. The number of nitrogens with one attached hydrogen (secondary N) is 2. The molecule has 1 saturated heterocycles. The van der Waals surface area contributed by atoms with Crippen molar-refractivity contribution in [2.24, 2.45) is 17.1 Å². The van der Waals surface area contributed by atoms with Crippen LogP contribution in [-0.4, -0.2) is 115 Å². The van der Waals surface area contributed by atoms with Crippen molar-refractivity contribution in [3.05, 3.63) is 83.7 Å². The van der Waals surface area contributed by atoms with Crippen LogP contribution < -0.4 is 16.4 Å². The number of carboxylic acids is 2. The molecule has 6 N–H and O–H groups in total. The molecule has 2 unspecified atom stereocenters. The number of likely N-dealkylation sites (tertiary alicyclic amines) is 1. The molecule has 0 bridgehead atoms. The number of carbonyl (C=O) groups is 8. The van der Waals surface area contributed by atoms with Crippen molar-refractivity contribution in [1.29, 1.82) is 0 Å². The summed E-state index contributed by atoms with van der Waals surface area (Å²) in [5, 5.41) is 23.1. The second-order valence-corrected chi connectivity index (χ2v) is 18.0. The summed E-state index contributed by atoms with van der Waals surface area (Å²) >= 11 is 1.12. The van der Waals surface area contributed by atoms with Crippen molar-refractivity contribution >= 4 is 59.0 Å². The summed E-state index contributed by atoms with van der Waals surface area (Å²) in [6.45, 7) is 7.07. The van der Waals surface area contributed by atoms with Gasteiger partial charge >= 0.3 is 11.9 Å². The number of nitrogens with two attached hydrogens (primary N) is 1. The highest BCUT2D eigenvalue weighted by molar-refractivity contribution is 7.99. The minimum atomic E-state index is -1.53. The summed E-state index contributed by atoms with van der Waals surface area (Å²) in [4.78, 5) is 102. The molecule has 2 heterocycles. The summed E-state index contributed by atoms with van der Waals surface area (Å²) in [6.07, 6.45) is 1.68. The zero-order valence-electron chi connectivity index (χ0n) is 36.3. The highest BCUT2D eigenvalue weighted by atomic mass is 32.2. The molecule has 64 heavy (non-hydrogen) atoms. The number of carbonyl (C=O) groups excluding carboxylic acids is 6. The number of ketones is 1. The van der Waals surface area contributed by atoms with Gasteiger partial charge in [-0.15, -0.1) is 0 Å². The van der Waals surface area contributed by atoms with Crippen molar-refractivity contribution in [1.82, 2.24) is 25.0 Å². The fourth-order valence-corrected chi connectivity index (χ4v) is 8.15. The Balaban J connectivity index is 1.55. The first kappa shape index (κ1) is 50.7. The molecule has 4 atom stereocenters. The molecule has 0 saturated carbocycles. The van der Waals surface area contributed by atoms with Crippen LogP contribution in [0.3, 0.4) is 0 Å². The minimum Gasteiger partial charge on any atom is -0.480 e. The van der Waals surface area contributed by atoms with E-state index in [0.717, 1.165) is 40.4 Å². The number of aliphatic carboxylic acids is 2. The van der Waals surface area contributed by atoms with E-state index in [-0.39, 0.29) is 67.0 Å². The number of hydrogen-bond donors (Lipinski definition) is 5. The molecular formula is C45H56F2N6O10S. The third-order valence-electron chi connectivity index (χ3n) is 10.6. The highest BCUT2D eigenvalue weighted by Crippen LogP contribution is 2.41. The summed E-state index contributed by atoms with van der Waals surface area (Å²) < 4.78 is 31.7. The molecule has 1 aromatic heterocycles. The smallest absolute Gasteiger partial charge is 0.328 e. The number of Topliss-reactive ketones (excluding diaryl/α,β-unsaturated/α-hetero) is 1. The second-order valence-electron chi connectivity index (χ2n) is 16.9. The van der Waals surface area contributed by atoms with Gasteiger partial charge in [0.1, 0.15) is 23.7 Å². The number of carboxylic acid groups (broad SMARTS) is 2. The predicted octanol–water partition coefficient (Wildman–Crippen LogP) is 4.14. The highest BCUT2D eigenvalue weighted by Gasteiger charge is 2.38. The van der Waals surface area contributed by atoms with Gasteiger partial charge in [-0.25, -0.2) is 13.6 Å². The Morgan fingerprint density at radius 1 is 0.953 bits per heavy atom. The topological polar surface area (TPSA) is 239 Å². The van der Waals surface area contributed by atoms with Gasteiger partial charge in [0.15, 0.2) is 5.78 Å². The normalized spacial score (nSPS) is 15.4. The van der Waals surface area contributed by atoms with Gasteiger partial charge in [0.25, 0.3) is 0 Å². The van der Waals surface area contributed by atoms with Crippen LogP contribution in [0.1, 0.15) is 83.5 Å². The molecule has 1 aliphatic heterocycles. The molecule has 346 valence electrons. The first-order valence-electron chi connectivity index (χ1n) is 20.9. The largest absolute Gasteiger partial charge is 0.480 e. The maximum Gasteiger partial charge on any atom is 0.328 e. The Bertz CT molecular complexity index is 2200. The summed E-state index contributed by atoms with van der Waals surface area (Å²) in [7, 11) is 0. The van der Waals surface area contributed by atoms with E-state index in [1.54, 1.807) is 24.1 Å². The van der Waals surface area contributed by atoms with Gasteiger partial charge in [0.05, 0.1) is 24.8 Å². The van der Waals surface area contributed by atoms with E-state index in [2.05, 4.69) is 10.6 Å². The lowest BCUT2D eigenvalue weighted by atomic mass is 9.83. The fourth-order valence-electron chi connectivity index (χ4n) is 7.33. The fraction of sp³-hybridized carbons (Fsp3) is 0.467. The molecule has 2 aromatic carbocycles. The van der Waals surface area contributed by atoms with Gasteiger partial charge in [-0.05, 0) is 48.1 Å². The average molecular weight is 911 g/mol. The maximum absolute atomic E-state index is 15.3. The van der Waals surface area contributed by atoms with Gasteiger partial charge in [-0.3, -0.25) is 38.5 Å². The molecule has 0 spiro atoms. The minimum absolute atomic E-state index is 0.0326. The number of thioether (sulfide) groups is 1. The maximum atomic E-state index is 15.3. The van der Waals surface area contributed by atoms with Crippen LogP contribution in [0.25, 0.3) is 11.1 Å². The third-order valence-corrected chi connectivity index (χ3v) is 11.5. The van der Waals surface area contributed by atoms with Crippen molar-refractivity contribution < 1.29 is 57.4 Å². The summed E-state index contributed by atoms with van der Waals surface area (Å²) in [5.41, 5.74) is 6.63. The molecule has 4 rings (SSSR count). The molecule has 0 radical (unpaired) electrons. The lowest BCUT2D eigenvalue weighted by molar-refractivity contribution is -0.143. The molecule has 16 nitrogen and oxygen atoms in total. The van der Waals surface area contributed by atoms with Crippen molar-refractivity contribution in [3.8, 4) is 11.1 Å². The number of aromatic nitrogens is 1. The quantitative estimate of drug-likeness (QED) is 0.0630. The van der Waals surface area contributed by atoms with E-state index in [1.807, 2.05) is 55.7 Å². The predicted molar refractivity (Wildman–Crippen MR) is 233 cm³/mol. The molecule has 19 heteroatoms. The second kappa shape index (κ2) is 23.1. The Hall–Kier alpha value is -5.95. The van der Waals surface area contributed by atoms with E-state index in [0.29, 0.717) is 30.6 Å². The van der Waals surface area contributed by atoms with Crippen LogP contribution in [0.2, 0.25) is 0 Å². The average Bonchev–Trinajstić information content (AvgIpc) is 3.73. The number of halogens is 2. The Labute approximate surface area is 374 Å². The van der Waals surface area contributed by atoms with Gasteiger partial charge < -0.3 is 36.0 Å². The number of rotatable bonds is 24. The number of hydrogen-bond acceptors (Lipinski definition) is 10. The van der Waals surface area contributed by atoms with Crippen LogP contribution in [0.4, 0.5) is 8.78 Å². The van der Waals surface area contributed by atoms with Crippen LogP contribution in [-0.2, 0) is 44.9 Å². The van der Waals surface area contributed by atoms with E-state index >= 15 is 4.39 Å². The first-order chi connectivity index (χ1) is 30.2. The Kier molecular flexibility index (Phi) is 18.3. The lowest BCUT2D eigenvalue weighted by Gasteiger charge is -2.41. The molecule has 3 aromatic rings. The van der Waals surface area contributed by atoms with Crippen molar-refractivity contribution in [3.63, 3.8) is 0 Å². The van der Waals surface area contributed by atoms with E-state index in [4.69, 9.17) is 10.8 Å². The Morgan fingerprint density at radius 2 is 1.66 bits per heavy atom. The number of benzene rings is 2. The third kappa shape index (κ3) is 14.5. The number of nitrogens with zero attached hydrogens (tertiary/aromatic N) is 3. The van der Waals surface area contributed by atoms with Gasteiger partial charge in [-0.1, -0.05) is 58.0 Å². The van der Waals surface area contributed by atoms with Crippen molar-refractivity contribution in [2.45, 2.75) is 90.9 Å². The monoisotopic (exact) mass is 910 g/mol. The van der Waals surface area contributed by atoms with Crippen LogP contribution >= 0.6 is 11.8 Å². The van der Waals surface area contributed by atoms with Crippen molar-refractivity contribution in [2.75, 3.05) is 31.1 Å². The molecular weight excluding hydrogens is 855 g/mol. The zero-order chi connectivity index (χ0) is 47.3. The van der Waals surface area contributed by atoms with Crippen LogP contribution in [0.15, 0.2) is 60.8 Å². The zero-order valence-corrected chi connectivity index (χ0v) is 37.1. The van der Waals surface area contributed by atoms with E-state index in [9.17, 15) is 47.9 Å². The molecule has 0 aliphatic carbocycles. The number of unbranched alkanes of at least 4 members (excludes halogenated alkanes) is 1. The Morgan fingerprint density at radius 3 is 2.28 bits per heavy atom. The lowest BCUT2D eigenvalue weighted by Crippen LogP contribution is -2.49. The van der Waals surface area contributed by atoms with Gasteiger partial charge in [0, 0.05) is 73.6 Å². The summed E-state index contributed by atoms with van der Waals surface area (Å²) in [5.74, 6) is -7.57. The SMILES string of the molecule is CC1CC(=O)N(CC(=O)CCCCN(C(=O)CSCCC(=O)NC(CNC(=O)C[C@H](N)C(=O)O)C(=O)O)[C@@H](c2cc(-c3cc(F)ccc3F)cn2Cc2ccccc2)C(C)(C)C)C1=O. The first-order valence-corrected chi connectivity index (χ1v) is 22.0. The molecule has 1 fully saturated rings. The van der Waals surface area contributed by atoms with Gasteiger partial charge in [-0.2, -0.15) is 11.8 Å².